The highest BCUT2D eigenvalue weighted by molar-refractivity contribution is 7.86. The van der Waals surface area contributed by atoms with Gasteiger partial charge in [-0.15, -0.1) is 0 Å². The molecule has 0 aromatic heterocycles. The molecule has 0 unspecified atom stereocenters. The van der Waals surface area contributed by atoms with Crippen molar-refractivity contribution in [2.24, 2.45) is 0 Å². The number of fused-ring (bicyclic) bond motifs is 1. The van der Waals surface area contributed by atoms with Crippen LogP contribution >= 0.6 is 0 Å². The first-order valence-electron chi connectivity index (χ1n) is 7.84. The summed E-state index contributed by atoms with van der Waals surface area (Å²) in [5.74, 6) is 0. The van der Waals surface area contributed by atoms with Gasteiger partial charge in [0.1, 0.15) is 9.79 Å². The molecule has 144 valence electrons. The third kappa shape index (κ3) is 5.22. The van der Waals surface area contributed by atoms with E-state index in [1.54, 1.807) is 0 Å². The topological polar surface area (TPSA) is 115 Å². The van der Waals surface area contributed by atoms with Gasteiger partial charge in [0.05, 0.1) is 0 Å². The molecule has 0 bridgehead atoms. The lowest BCUT2D eigenvalue weighted by Crippen LogP contribution is -2.42. The Labute approximate surface area is 153 Å². The van der Waals surface area contributed by atoms with Gasteiger partial charge in [-0.3, -0.25) is 9.11 Å². The van der Waals surface area contributed by atoms with Crippen molar-refractivity contribution >= 4 is 31.0 Å². The fourth-order valence-corrected chi connectivity index (χ4v) is 4.02. The number of hydrogen-bond acceptors (Lipinski definition) is 6. The fourth-order valence-electron chi connectivity index (χ4n) is 2.61. The fraction of sp³-hybridized carbons (Fsp3) is 0.375. The van der Waals surface area contributed by atoms with Crippen LogP contribution in [0, 0.1) is 0 Å². The largest absolute Gasteiger partial charge is 0.304 e. The van der Waals surface area contributed by atoms with E-state index >= 15 is 0 Å². The molecule has 26 heavy (non-hydrogen) atoms. The molecule has 2 aromatic carbocycles. The quantitative estimate of drug-likeness (QED) is 0.720. The normalized spacial score (nSPS) is 16.9. The van der Waals surface area contributed by atoms with Crippen LogP contribution in [0.2, 0.25) is 0 Å². The molecule has 3 rings (SSSR count). The molecule has 8 nitrogen and oxygen atoms in total. The van der Waals surface area contributed by atoms with Crippen molar-refractivity contribution in [2.75, 3.05) is 40.3 Å². The van der Waals surface area contributed by atoms with Gasteiger partial charge in [-0.05, 0) is 26.2 Å². The van der Waals surface area contributed by atoms with Gasteiger partial charge in [0.25, 0.3) is 20.2 Å². The van der Waals surface area contributed by atoms with Crippen LogP contribution in [0.3, 0.4) is 0 Å². The average Bonchev–Trinajstić information content (AvgIpc) is 2.55. The van der Waals surface area contributed by atoms with E-state index in [1.807, 2.05) is 0 Å². The van der Waals surface area contributed by atoms with Crippen molar-refractivity contribution in [1.29, 1.82) is 0 Å². The highest BCUT2D eigenvalue weighted by Crippen LogP contribution is 2.27. The molecule has 0 spiro atoms. The van der Waals surface area contributed by atoms with Crippen molar-refractivity contribution in [3.63, 3.8) is 0 Å². The molecular formula is C16H22N2O6S2. The van der Waals surface area contributed by atoms with Gasteiger partial charge < -0.3 is 9.80 Å². The smallest absolute Gasteiger partial charge is 0.295 e. The summed E-state index contributed by atoms with van der Waals surface area (Å²) in [4.78, 5) is 3.90. The Morgan fingerprint density at radius 3 is 1.27 bits per heavy atom. The van der Waals surface area contributed by atoms with Crippen molar-refractivity contribution in [3.05, 3.63) is 36.4 Å². The second kappa shape index (κ2) is 7.99. The Balaban J connectivity index is 0.000000254. The van der Waals surface area contributed by atoms with E-state index in [9.17, 15) is 16.8 Å². The third-order valence-corrected chi connectivity index (χ3v) is 5.95. The number of benzene rings is 2. The molecule has 0 saturated carbocycles. The zero-order valence-corrected chi connectivity index (χ0v) is 16.2. The van der Waals surface area contributed by atoms with E-state index in [0.717, 1.165) is 12.1 Å². The van der Waals surface area contributed by atoms with Gasteiger partial charge in [0.2, 0.25) is 0 Å². The van der Waals surface area contributed by atoms with Crippen LogP contribution < -0.4 is 0 Å². The minimum absolute atomic E-state index is 0.0233. The molecule has 2 N–H and O–H groups in total. The molecule has 1 saturated heterocycles. The zero-order valence-electron chi connectivity index (χ0n) is 14.5. The summed E-state index contributed by atoms with van der Waals surface area (Å²) >= 11 is 0. The Morgan fingerprint density at radius 2 is 1.00 bits per heavy atom. The number of likely N-dealkylation sites (N-methyl/N-ethyl adjacent to an activating group) is 2. The number of nitrogens with zero attached hydrogens (tertiary/aromatic N) is 2. The van der Waals surface area contributed by atoms with Gasteiger partial charge >= 0.3 is 0 Å². The molecule has 0 aliphatic carbocycles. The third-order valence-electron chi connectivity index (χ3n) is 4.12. The Morgan fingerprint density at radius 1 is 0.692 bits per heavy atom. The lowest BCUT2D eigenvalue weighted by Gasteiger charge is -2.28. The molecule has 1 aliphatic rings. The summed E-state index contributed by atoms with van der Waals surface area (Å²) < 4.78 is 62.7. The SMILES string of the molecule is CN1CCN(C)CC1.O=S(=O)(O)c1cccc2c(S(=O)(=O)O)cccc12. The van der Waals surface area contributed by atoms with Gasteiger partial charge in [0, 0.05) is 37.0 Å². The summed E-state index contributed by atoms with van der Waals surface area (Å²) in [6, 6.07) is 7.53. The van der Waals surface area contributed by atoms with Crippen LogP contribution in [0.4, 0.5) is 0 Å². The van der Waals surface area contributed by atoms with E-state index in [2.05, 4.69) is 23.9 Å². The summed E-state index contributed by atoms with van der Waals surface area (Å²) in [5, 5.41) is 0.0465. The lowest BCUT2D eigenvalue weighted by molar-refractivity contribution is 0.181. The molecule has 1 fully saturated rings. The second-order valence-electron chi connectivity index (χ2n) is 6.16. The average molecular weight is 402 g/mol. The second-order valence-corrected chi connectivity index (χ2v) is 8.94. The number of hydrogen-bond donors (Lipinski definition) is 2. The highest BCUT2D eigenvalue weighted by atomic mass is 32.2. The first-order valence-corrected chi connectivity index (χ1v) is 10.7. The summed E-state index contributed by atoms with van der Waals surface area (Å²) in [6.07, 6.45) is 0. The maximum absolute atomic E-state index is 11.2. The predicted octanol–water partition coefficient (Wildman–Crippen LogP) is 1.20. The van der Waals surface area contributed by atoms with Crippen LogP contribution in [0.5, 0.6) is 0 Å². The van der Waals surface area contributed by atoms with Crippen molar-refractivity contribution in [3.8, 4) is 0 Å². The summed E-state index contributed by atoms with van der Waals surface area (Å²) in [7, 11) is -4.59. The highest BCUT2D eigenvalue weighted by Gasteiger charge is 2.19. The van der Waals surface area contributed by atoms with Gasteiger partial charge in [-0.25, -0.2) is 0 Å². The molecule has 10 heteroatoms. The predicted molar refractivity (Wildman–Crippen MR) is 98.6 cm³/mol. The van der Waals surface area contributed by atoms with Crippen LogP contribution in [-0.2, 0) is 20.2 Å². The van der Waals surface area contributed by atoms with Crippen molar-refractivity contribution in [1.82, 2.24) is 9.80 Å². The Hall–Kier alpha value is -1.56. The minimum Gasteiger partial charge on any atom is -0.304 e. The van der Waals surface area contributed by atoms with E-state index < -0.39 is 30.0 Å². The van der Waals surface area contributed by atoms with Crippen LogP contribution in [0.1, 0.15) is 0 Å². The van der Waals surface area contributed by atoms with E-state index in [0.29, 0.717) is 0 Å². The summed E-state index contributed by atoms with van der Waals surface area (Å²) in [6.45, 7) is 4.93. The maximum Gasteiger partial charge on any atom is 0.295 e. The van der Waals surface area contributed by atoms with E-state index in [1.165, 1.54) is 50.4 Å². The zero-order chi connectivity index (χ0) is 19.5. The van der Waals surface area contributed by atoms with Gasteiger partial charge in [-0.1, -0.05) is 24.3 Å². The molecular weight excluding hydrogens is 380 g/mol. The lowest BCUT2D eigenvalue weighted by atomic mass is 10.1. The molecule has 0 amide bonds. The van der Waals surface area contributed by atoms with Crippen LogP contribution in [-0.4, -0.2) is 76.0 Å². The monoisotopic (exact) mass is 402 g/mol. The standard InChI is InChI=1S/C10H8O6S2.C6H14N2/c11-17(12,13)9-5-1-3-7-8(9)4-2-6-10(7)18(14,15)16;1-7-3-5-8(2)6-4-7/h1-6H,(H,11,12,13)(H,14,15,16);3-6H2,1-2H3. The molecule has 1 aliphatic heterocycles. The molecule has 1 heterocycles. The molecule has 0 radical (unpaired) electrons. The summed E-state index contributed by atoms with van der Waals surface area (Å²) in [5.41, 5.74) is 0. The van der Waals surface area contributed by atoms with E-state index in [-0.39, 0.29) is 10.8 Å². The van der Waals surface area contributed by atoms with E-state index in [4.69, 9.17) is 9.11 Å². The Bertz CT molecular complexity index is 900. The minimum atomic E-state index is -4.47. The molecule has 0 atom stereocenters. The molecule has 2 aromatic rings. The number of rotatable bonds is 2. The van der Waals surface area contributed by atoms with Crippen LogP contribution in [0.25, 0.3) is 10.8 Å². The van der Waals surface area contributed by atoms with Gasteiger partial charge in [0.15, 0.2) is 0 Å². The maximum atomic E-state index is 11.2. The Kier molecular flexibility index (Phi) is 6.37. The first kappa shape index (κ1) is 20.7. The van der Waals surface area contributed by atoms with Crippen molar-refractivity contribution in [2.45, 2.75) is 9.79 Å². The number of piperazine rings is 1. The van der Waals surface area contributed by atoms with Gasteiger partial charge in [-0.2, -0.15) is 16.8 Å². The van der Waals surface area contributed by atoms with Crippen molar-refractivity contribution < 1.29 is 25.9 Å². The van der Waals surface area contributed by atoms with Crippen LogP contribution in [0.15, 0.2) is 46.2 Å². The first-order chi connectivity index (χ1) is 12.0.